The van der Waals surface area contributed by atoms with E-state index in [1.165, 1.54) is 27.3 Å². The van der Waals surface area contributed by atoms with Crippen LogP contribution in [-0.2, 0) is 4.75 Å². The summed E-state index contributed by atoms with van der Waals surface area (Å²) in [4.78, 5) is 4.76. The summed E-state index contributed by atoms with van der Waals surface area (Å²) in [5.41, 5.74) is 5.38. The Labute approximate surface area is 100 Å². The molecule has 16 heavy (non-hydrogen) atoms. The van der Waals surface area contributed by atoms with E-state index in [1.807, 2.05) is 18.0 Å². The molecule has 0 saturated heterocycles. The summed E-state index contributed by atoms with van der Waals surface area (Å²) in [6, 6.07) is 8.90. The lowest BCUT2D eigenvalue weighted by Gasteiger charge is -2.31. The molecule has 2 heterocycles. The van der Waals surface area contributed by atoms with Gasteiger partial charge in [-0.2, -0.15) is 0 Å². The van der Waals surface area contributed by atoms with Gasteiger partial charge in [0.25, 0.3) is 0 Å². The first kappa shape index (κ1) is 10.0. The van der Waals surface area contributed by atoms with Crippen LogP contribution in [0, 0.1) is 6.92 Å². The average molecular weight is 229 g/mol. The van der Waals surface area contributed by atoms with Crippen LogP contribution in [-0.4, -0.2) is 4.98 Å². The van der Waals surface area contributed by atoms with E-state index in [1.54, 1.807) is 0 Å². The van der Waals surface area contributed by atoms with Crippen LogP contribution in [0.2, 0.25) is 0 Å². The Bertz CT molecular complexity index is 552. The zero-order chi connectivity index (χ0) is 11.3. The summed E-state index contributed by atoms with van der Waals surface area (Å²) < 4.78 is 0.164. The third-order valence-electron chi connectivity index (χ3n) is 3.17. The van der Waals surface area contributed by atoms with Crippen LogP contribution in [0.1, 0.15) is 25.0 Å². The van der Waals surface area contributed by atoms with Crippen molar-refractivity contribution in [1.29, 1.82) is 0 Å². The largest absolute Gasteiger partial charge is 0.361 e. The van der Waals surface area contributed by atoms with Gasteiger partial charge in [-0.15, -0.1) is 11.8 Å². The summed E-state index contributed by atoms with van der Waals surface area (Å²) in [7, 11) is 0. The molecule has 1 aliphatic heterocycles. The molecular formula is C14H15NS. The first-order chi connectivity index (χ1) is 7.58. The molecule has 0 spiro atoms. The van der Waals surface area contributed by atoms with E-state index in [4.69, 9.17) is 0 Å². The number of rotatable bonds is 0. The van der Waals surface area contributed by atoms with E-state index in [9.17, 15) is 0 Å². The minimum atomic E-state index is 0.164. The lowest BCUT2D eigenvalue weighted by Crippen LogP contribution is -2.16. The molecule has 1 aliphatic rings. The van der Waals surface area contributed by atoms with Gasteiger partial charge in [-0.1, -0.05) is 11.6 Å². The molecule has 2 aromatic rings. The van der Waals surface area contributed by atoms with Crippen LogP contribution in [0.3, 0.4) is 0 Å². The summed E-state index contributed by atoms with van der Waals surface area (Å²) >= 11 is 1.95. The van der Waals surface area contributed by atoms with E-state index in [0.29, 0.717) is 0 Å². The normalized spacial score (nSPS) is 16.7. The fourth-order valence-electron chi connectivity index (χ4n) is 2.35. The fourth-order valence-corrected chi connectivity index (χ4v) is 3.59. The summed E-state index contributed by atoms with van der Waals surface area (Å²) in [5, 5.41) is 0. The highest BCUT2D eigenvalue weighted by molar-refractivity contribution is 8.00. The van der Waals surface area contributed by atoms with E-state index < -0.39 is 0 Å². The van der Waals surface area contributed by atoms with Crippen molar-refractivity contribution in [3.8, 4) is 11.3 Å². The van der Waals surface area contributed by atoms with Crippen molar-refractivity contribution in [2.24, 2.45) is 0 Å². The number of aromatic nitrogens is 1. The highest BCUT2D eigenvalue weighted by Gasteiger charge is 2.32. The van der Waals surface area contributed by atoms with Gasteiger partial charge in [0.15, 0.2) is 0 Å². The van der Waals surface area contributed by atoms with Crippen LogP contribution >= 0.6 is 11.8 Å². The van der Waals surface area contributed by atoms with Crippen molar-refractivity contribution in [1.82, 2.24) is 4.98 Å². The molecule has 0 unspecified atom stereocenters. The van der Waals surface area contributed by atoms with Crippen molar-refractivity contribution in [3.63, 3.8) is 0 Å². The first-order valence-electron chi connectivity index (χ1n) is 5.56. The van der Waals surface area contributed by atoms with Crippen LogP contribution in [0.5, 0.6) is 0 Å². The molecule has 1 N–H and O–H groups in total. The van der Waals surface area contributed by atoms with E-state index in [0.717, 1.165) is 0 Å². The molecule has 0 atom stereocenters. The standard InChI is InChI=1S/C14H15NS/c1-9-4-5-12-10(8-9)13-11(6-7-15-13)14(2,3)16-12/h4-8,15H,1-3H3. The Kier molecular flexibility index (Phi) is 1.99. The number of aromatic amines is 1. The molecule has 3 rings (SSSR count). The van der Waals surface area contributed by atoms with E-state index >= 15 is 0 Å². The molecular weight excluding hydrogens is 214 g/mol. The Hall–Kier alpha value is -1.15. The second-order valence-electron chi connectivity index (χ2n) is 4.88. The van der Waals surface area contributed by atoms with Gasteiger partial charge in [-0.05, 0) is 44.5 Å². The number of thioether (sulfide) groups is 1. The maximum Gasteiger partial charge on any atom is 0.0512 e. The van der Waals surface area contributed by atoms with Crippen LogP contribution < -0.4 is 0 Å². The molecule has 0 aliphatic carbocycles. The fraction of sp³-hybridized carbons (Fsp3) is 0.286. The SMILES string of the molecule is Cc1ccc2c(c1)-c1[nH]ccc1C(C)(C)S2. The number of H-pyrrole nitrogens is 1. The Morgan fingerprint density at radius 3 is 2.81 bits per heavy atom. The van der Waals surface area contributed by atoms with Crippen molar-refractivity contribution in [2.45, 2.75) is 30.4 Å². The summed E-state index contributed by atoms with van der Waals surface area (Å²) in [6.07, 6.45) is 2.05. The molecule has 0 radical (unpaired) electrons. The van der Waals surface area contributed by atoms with Gasteiger partial charge >= 0.3 is 0 Å². The van der Waals surface area contributed by atoms with Crippen molar-refractivity contribution >= 4 is 11.8 Å². The summed E-state index contributed by atoms with van der Waals surface area (Å²) in [5.74, 6) is 0. The average Bonchev–Trinajstić information content (AvgIpc) is 2.69. The van der Waals surface area contributed by atoms with Gasteiger partial charge in [0.05, 0.1) is 5.69 Å². The molecule has 82 valence electrons. The highest BCUT2D eigenvalue weighted by atomic mass is 32.2. The summed E-state index contributed by atoms with van der Waals surface area (Å²) in [6.45, 7) is 6.72. The second kappa shape index (κ2) is 3.17. The predicted molar refractivity (Wildman–Crippen MR) is 69.8 cm³/mol. The zero-order valence-corrected chi connectivity index (χ0v) is 10.6. The van der Waals surface area contributed by atoms with Gasteiger partial charge in [-0.3, -0.25) is 0 Å². The quantitative estimate of drug-likeness (QED) is 0.711. The number of fused-ring (bicyclic) bond motifs is 3. The van der Waals surface area contributed by atoms with Gasteiger partial charge < -0.3 is 4.98 Å². The molecule has 1 nitrogen and oxygen atoms in total. The smallest absolute Gasteiger partial charge is 0.0512 e. The van der Waals surface area contributed by atoms with Gasteiger partial charge in [0.2, 0.25) is 0 Å². The topological polar surface area (TPSA) is 15.8 Å². The number of aryl methyl sites for hydroxylation is 1. The van der Waals surface area contributed by atoms with Gasteiger partial charge in [-0.25, -0.2) is 0 Å². The Morgan fingerprint density at radius 1 is 1.19 bits per heavy atom. The molecule has 1 aromatic carbocycles. The lowest BCUT2D eigenvalue weighted by atomic mass is 9.97. The highest BCUT2D eigenvalue weighted by Crippen LogP contribution is 2.51. The van der Waals surface area contributed by atoms with Crippen molar-refractivity contribution < 1.29 is 0 Å². The Balaban J connectivity index is 2.31. The number of hydrogen-bond acceptors (Lipinski definition) is 1. The van der Waals surface area contributed by atoms with Crippen LogP contribution in [0.4, 0.5) is 0 Å². The van der Waals surface area contributed by atoms with Gasteiger partial charge in [0, 0.05) is 21.4 Å². The van der Waals surface area contributed by atoms with Crippen molar-refractivity contribution in [3.05, 3.63) is 41.6 Å². The predicted octanol–water partition coefficient (Wildman–Crippen LogP) is 4.33. The monoisotopic (exact) mass is 229 g/mol. The molecule has 0 saturated carbocycles. The minimum Gasteiger partial charge on any atom is -0.361 e. The lowest BCUT2D eigenvalue weighted by molar-refractivity contribution is 0.779. The first-order valence-corrected chi connectivity index (χ1v) is 6.37. The third-order valence-corrected chi connectivity index (χ3v) is 4.47. The second-order valence-corrected chi connectivity index (χ2v) is 6.54. The zero-order valence-electron chi connectivity index (χ0n) is 9.79. The van der Waals surface area contributed by atoms with Crippen LogP contribution in [0.25, 0.3) is 11.3 Å². The van der Waals surface area contributed by atoms with E-state index in [-0.39, 0.29) is 4.75 Å². The molecule has 0 amide bonds. The maximum atomic E-state index is 3.38. The number of benzene rings is 1. The van der Waals surface area contributed by atoms with Gasteiger partial charge in [0.1, 0.15) is 0 Å². The molecule has 1 aromatic heterocycles. The molecule has 2 heteroatoms. The minimum absolute atomic E-state index is 0.164. The molecule has 0 fully saturated rings. The van der Waals surface area contributed by atoms with Crippen LogP contribution in [0.15, 0.2) is 35.4 Å². The molecule has 0 bridgehead atoms. The number of hydrogen-bond donors (Lipinski definition) is 1. The Morgan fingerprint density at radius 2 is 2.00 bits per heavy atom. The maximum absolute atomic E-state index is 3.38. The van der Waals surface area contributed by atoms with Crippen molar-refractivity contribution in [2.75, 3.05) is 0 Å². The third kappa shape index (κ3) is 1.33. The number of nitrogens with one attached hydrogen (secondary N) is 1. The van der Waals surface area contributed by atoms with E-state index in [2.05, 4.69) is 50.0 Å².